The zero-order chi connectivity index (χ0) is 18.3. The summed E-state index contributed by atoms with van der Waals surface area (Å²) in [7, 11) is 1.68. The van der Waals surface area contributed by atoms with Crippen LogP contribution in [0.4, 0.5) is 11.4 Å². The minimum absolute atomic E-state index is 0.145. The Morgan fingerprint density at radius 1 is 1.19 bits per heavy atom. The summed E-state index contributed by atoms with van der Waals surface area (Å²) in [5.41, 5.74) is 2.39. The summed E-state index contributed by atoms with van der Waals surface area (Å²) in [4.78, 5) is 30.7. The van der Waals surface area contributed by atoms with Gasteiger partial charge in [0.05, 0.1) is 16.9 Å². The number of fused-ring (bicyclic) bond motifs is 2. The molecule has 0 fully saturated rings. The number of para-hydroxylation sites is 1. The lowest BCUT2D eigenvalue weighted by atomic mass is 10.1. The van der Waals surface area contributed by atoms with Crippen LogP contribution in [-0.2, 0) is 4.79 Å². The Morgan fingerprint density at radius 2 is 2.00 bits per heavy atom. The Kier molecular flexibility index (Phi) is 3.80. The van der Waals surface area contributed by atoms with E-state index in [4.69, 9.17) is 4.74 Å². The van der Waals surface area contributed by atoms with Gasteiger partial charge in [-0.1, -0.05) is 18.2 Å². The lowest BCUT2D eigenvalue weighted by Gasteiger charge is -2.30. The second kappa shape index (κ2) is 6.15. The second-order valence-electron chi connectivity index (χ2n) is 6.17. The van der Waals surface area contributed by atoms with Gasteiger partial charge in [-0.2, -0.15) is 0 Å². The van der Waals surface area contributed by atoms with Crippen molar-refractivity contribution in [1.82, 2.24) is 4.98 Å². The third-order valence-electron chi connectivity index (χ3n) is 4.45. The Morgan fingerprint density at radius 3 is 2.85 bits per heavy atom. The fourth-order valence-electron chi connectivity index (χ4n) is 3.05. The van der Waals surface area contributed by atoms with Gasteiger partial charge in [0.1, 0.15) is 5.75 Å². The molecule has 2 aromatic carbocycles. The molecule has 4 rings (SSSR count). The van der Waals surface area contributed by atoms with E-state index >= 15 is 0 Å². The number of amides is 2. The van der Waals surface area contributed by atoms with Crippen LogP contribution in [0.15, 0.2) is 54.7 Å². The normalized spacial score (nSPS) is 16.2. The molecule has 2 amide bonds. The second-order valence-corrected chi connectivity index (χ2v) is 6.17. The van der Waals surface area contributed by atoms with E-state index in [0.29, 0.717) is 22.7 Å². The van der Waals surface area contributed by atoms with Crippen LogP contribution in [0.3, 0.4) is 0 Å². The van der Waals surface area contributed by atoms with E-state index in [1.165, 1.54) is 4.90 Å². The first kappa shape index (κ1) is 16.1. The Bertz CT molecular complexity index is 1030. The van der Waals surface area contributed by atoms with Crippen molar-refractivity contribution in [2.75, 3.05) is 17.3 Å². The van der Waals surface area contributed by atoms with Gasteiger partial charge >= 0.3 is 0 Å². The van der Waals surface area contributed by atoms with Crippen LogP contribution in [0.25, 0.3) is 10.9 Å². The molecule has 0 radical (unpaired) electrons. The molecule has 0 bridgehead atoms. The number of carbonyl (C=O) groups excluding carboxylic acids is 2. The maximum Gasteiger partial charge on any atom is 0.267 e. The van der Waals surface area contributed by atoms with Crippen LogP contribution < -0.4 is 15.0 Å². The first-order valence-electron chi connectivity index (χ1n) is 8.28. The highest BCUT2D eigenvalue weighted by Gasteiger charge is 2.29. The van der Waals surface area contributed by atoms with Gasteiger partial charge < -0.3 is 15.0 Å². The van der Waals surface area contributed by atoms with E-state index in [2.05, 4.69) is 10.3 Å². The minimum Gasteiger partial charge on any atom is -0.479 e. The van der Waals surface area contributed by atoms with Gasteiger partial charge in [-0.15, -0.1) is 0 Å². The predicted molar refractivity (Wildman–Crippen MR) is 99.6 cm³/mol. The lowest BCUT2D eigenvalue weighted by Crippen LogP contribution is -2.42. The van der Waals surface area contributed by atoms with Crippen molar-refractivity contribution >= 4 is 34.1 Å². The molecule has 0 saturated heterocycles. The zero-order valence-electron chi connectivity index (χ0n) is 14.4. The van der Waals surface area contributed by atoms with E-state index in [9.17, 15) is 9.59 Å². The largest absolute Gasteiger partial charge is 0.479 e. The number of pyridine rings is 1. The van der Waals surface area contributed by atoms with Crippen molar-refractivity contribution in [3.63, 3.8) is 0 Å². The minimum atomic E-state index is -0.533. The first-order valence-corrected chi connectivity index (χ1v) is 8.28. The molecule has 6 heteroatoms. The number of nitrogens with one attached hydrogen (secondary N) is 1. The molecule has 1 atom stereocenters. The Hall–Kier alpha value is -3.41. The van der Waals surface area contributed by atoms with Crippen molar-refractivity contribution in [3.05, 3.63) is 60.3 Å². The highest BCUT2D eigenvalue weighted by Crippen LogP contribution is 2.34. The number of hydrogen-bond acceptors (Lipinski definition) is 4. The molecule has 1 aliphatic heterocycles. The van der Waals surface area contributed by atoms with Crippen molar-refractivity contribution < 1.29 is 14.3 Å². The molecule has 1 N–H and O–H groups in total. The standard InChI is InChI=1S/C20H17N3O3/c1-12-20(25)23(2)16-11-14(8-9-17(16)26-12)19(24)22-15-7-3-5-13-6-4-10-21-18(13)15/h3-12H,1-2H3,(H,22,24). The highest BCUT2D eigenvalue weighted by atomic mass is 16.5. The summed E-state index contributed by atoms with van der Waals surface area (Å²) < 4.78 is 5.59. The molecule has 1 unspecified atom stereocenters. The van der Waals surface area contributed by atoms with Gasteiger partial charge in [-0.3, -0.25) is 14.6 Å². The summed E-state index contributed by atoms with van der Waals surface area (Å²) in [5, 5.41) is 3.84. The summed E-state index contributed by atoms with van der Waals surface area (Å²) >= 11 is 0. The van der Waals surface area contributed by atoms with E-state index in [-0.39, 0.29) is 11.8 Å². The summed E-state index contributed by atoms with van der Waals surface area (Å²) in [6.45, 7) is 1.70. The van der Waals surface area contributed by atoms with Crippen molar-refractivity contribution in [1.29, 1.82) is 0 Å². The molecule has 0 saturated carbocycles. The van der Waals surface area contributed by atoms with Crippen molar-refractivity contribution in [2.45, 2.75) is 13.0 Å². The average molecular weight is 347 g/mol. The molecule has 1 aromatic heterocycles. The molecular weight excluding hydrogens is 330 g/mol. The molecular formula is C20H17N3O3. The van der Waals surface area contributed by atoms with E-state index in [0.717, 1.165) is 10.9 Å². The fourth-order valence-corrected chi connectivity index (χ4v) is 3.05. The lowest BCUT2D eigenvalue weighted by molar-refractivity contribution is -0.125. The molecule has 26 heavy (non-hydrogen) atoms. The third kappa shape index (κ3) is 2.65. The smallest absolute Gasteiger partial charge is 0.267 e. The number of rotatable bonds is 2. The van der Waals surface area contributed by atoms with E-state index in [1.54, 1.807) is 38.4 Å². The van der Waals surface area contributed by atoms with Crippen LogP contribution in [-0.4, -0.2) is 29.9 Å². The third-order valence-corrected chi connectivity index (χ3v) is 4.45. The maximum atomic E-state index is 12.7. The molecule has 0 spiro atoms. The van der Waals surface area contributed by atoms with Crippen molar-refractivity contribution in [3.8, 4) is 5.75 Å². The molecule has 3 aromatic rings. The number of likely N-dealkylation sites (N-methyl/N-ethyl adjacent to an activating group) is 1. The SMILES string of the molecule is CC1Oc2ccc(C(=O)Nc3cccc4cccnc34)cc2N(C)C1=O. The number of aromatic nitrogens is 1. The summed E-state index contributed by atoms with van der Waals surface area (Å²) in [6, 6.07) is 14.5. The summed E-state index contributed by atoms with van der Waals surface area (Å²) in [5.74, 6) is 0.168. The molecule has 6 nitrogen and oxygen atoms in total. The molecule has 130 valence electrons. The van der Waals surface area contributed by atoms with Crippen LogP contribution in [0.2, 0.25) is 0 Å². The van der Waals surface area contributed by atoms with Crippen molar-refractivity contribution in [2.24, 2.45) is 0 Å². The first-order chi connectivity index (χ1) is 12.5. The number of hydrogen-bond donors (Lipinski definition) is 1. The number of benzene rings is 2. The number of anilines is 2. The number of ether oxygens (including phenoxy) is 1. The number of carbonyl (C=O) groups is 2. The van der Waals surface area contributed by atoms with E-state index < -0.39 is 6.10 Å². The van der Waals surface area contributed by atoms with Gasteiger partial charge in [-0.05, 0) is 37.3 Å². The Labute approximate surface area is 150 Å². The quantitative estimate of drug-likeness (QED) is 0.772. The molecule has 2 heterocycles. The van der Waals surface area contributed by atoms with E-state index in [1.807, 2.05) is 30.3 Å². The van der Waals surface area contributed by atoms with Gasteiger partial charge in [-0.25, -0.2) is 0 Å². The van der Waals surface area contributed by atoms with Gasteiger partial charge in [0.2, 0.25) is 0 Å². The fraction of sp³-hybridized carbons (Fsp3) is 0.150. The van der Waals surface area contributed by atoms with Crippen LogP contribution >= 0.6 is 0 Å². The van der Waals surface area contributed by atoms with Crippen LogP contribution in [0.5, 0.6) is 5.75 Å². The van der Waals surface area contributed by atoms with Gasteiger partial charge in [0, 0.05) is 24.2 Å². The predicted octanol–water partition coefficient (Wildman–Crippen LogP) is 3.23. The van der Waals surface area contributed by atoms with Crippen LogP contribution in [0, 0.1) is 0 Å². The van der Waals surface area contributed by atoms with Gasteiger partial charge in [0.25, 0.3) is 11.8 Å². The maximum absolute atomic E-state index is 12.7. The molecule has 1 aliphatic rings. The highest BCUT2D eigenvalue weighted by molar-refractivity contribution is 6.09. The zero-order valence-corrected chi connectivity index (χ0v) is 14.4. The number of nitrogens with zero attached hydrogens (tertiary/aromatic N) is 2. The van der Waals surface area contributed by atoms with Crippen LogP contribution in [0.1, 0.15) is 17.3 Å². The monoisotopic (exact) mass is 347 g/mol. The topological polar surface area (TPSA) is 71.5 Å². The Balaban J connectivity index is 1.66. The molecule has 0 aliphatic carbocycles. The average Bonchev–Trinajstić information content (AvgIpc) is 2.66. The van der Waals surface area contributed by atoms with Gasteiger partial charge in [0.15, 0.2) is 6.10 Å². The summed E-state index contributed by atoms with van der Waals surface area (Å²) in [6.07, 6.45) is 1.16.